The van der Waals surface area contributed by atoms with E-state index in [4.69, 9.17) is 4.74 Å². The van der Waals surface area contributed by atoms with Gasteiger partial charge in [-0.3, -0.25) is 4.79 Å². The van der Waals surface area contributed by atoms with Crippen molar-refractivity contribution in [3.63, 3.8) is 0 Å². The molecule has 0 radical (unpaired) electrons. The molecule has 31 heavy (non-hydrogen) atoms. The van der Waals surface area contributed by atoms with E-state index in [0.717, 1.165) is 36.5 Å². The maximum absolute atomic E-state index is 13.0. The molecule has 0 saturated heterocycles. The molecule has 6 nitrogen and oxygen atoms in total. The molecule has 0 aliphatic carbocycles. The number of carbonyl (C=O) groups is 1. The topological polar surface area (TPSA) is 57.7 Å². The summed E-state index contributed by atoms with van der Waals surface area (Å²) < 4.78 is 6.28. The smallest absolute Gasteiger partial charge is 0.274 e. The Balaban J connectivity index is 1.44. The van der Waals surface area contributed by atoms with Crippen molar-refractivity contribution in [2.75, 3.05) is 38.6 Å². The summed E-state index contributed by atoms with van der Waals surface area (Å²) in [5.74, 6) is 0.817. The first-order valence-corrected chi connectivity index (χ1v) is 11.4. The number of thiophene rings is 1. The maximum atomic E-state index is 13.0. The summed E-state index contributed by atoms with van der Waals surface area (Å²) in [6.07, 6.45) is 2.61. The highest BCUT2D eigenvalue weighted by Gasteiger charge is 2.26. The molecular weight excluding hydrogens is 408 g/mol. The average Bonchev–Trinajstić information content (AvgIpc) is 3.31. The van der Waals surface area contributed by atoms with Gasteiger partial charge in [0, 0.05) is 44.2 Å². The second kappa shape index (κ2) is 9.94. The predicted molar refractivity (Wildman–Crippen MR) is 125 cm³/mol. The molecule has 0 spiro atoms. The normalized spacial score (nSPS) is 14.8. The van der Waals surface area contributed by atoms with Crippen LogP contribution < -0.4 is 15.0 Å². The minimum atomic E-state index is -0.0231. The van der Waals surface area contributed by atoms with Crippen LogP contribution in [-0.2, 0) is 6.54 Å². The van der Waals surface area contributed by atoms with Crippen molar-refractivity contribution in [2.24, 2.45) is 0 Å². The number of hydrogen-bond acceptors (Lipinski definition) is 6. The number of hydrogen-bond donors (Lipinski definition) is 1. The number of nitrogens with zero attached hydrogens (tertiary/aromatic N) is 3. The lowest BCUT2D eigenvalue weighted by Crippen LogP contribution is -2.33. The van der Waals surface area contributed by atoms with Crippen molar-refractivity contribution < 1.29 is 9.53 Å². The van der Waals surface area contributed by atoms with Crippen LogP contribution in [0.4, 0.5) is 5.69 Å². The fourth-order valence-electron chi connectivity index (χ4n) is 3.73. The number of rotatable bonds is 8. The van der Waals surface area contributed by atoms with Crippen LogP contribution in [0.1, 0.15) is 33.5 Å². The highest BCUT2D eigenvalue weighted by molar-refractivity contribution is 7.10. The second-order valence-electron chi connectivity index (χ2n) is 7.68. The Hall–Kier alpha value is -2.90. The molecule has 1 amide bonds. The fourth-order valence-corrected chi connectivity index (χ4v) is 4.52. The lowest BCUT2D eigenvalue weighted by Gasteiger charge is -2.22. The molecule has 162 valence electrons. The minimum absolute atomic E-state index is 0.0231. The van der Waals surface area contributed by atoms with Crippen LogP contribution in [0, 0.1) is 0 Å². The zero-order valence-corrected chi connectivity index (χ0v) is 18.8. The third-order valence-corrected chi connectivity index (χ3v) is 6.45. The van der Waals surface area contributed by atoms with Crippen molar-refractivity contribution in [3.8, 4) is 5.75 Å². The monoisotopic (exact) mass is 436 g/mol. The van der Waals surface area contributed by atoms with Crippen LogP contribution >= 0.6 is 11.3 Å². The third-order valence-electron chi connectivity index (χ3n) is 5.48. The lowest BCUT2D eigenvalue weighted by molar-refractivity contribution is 0.0749. The Bertz CT molecular complexity index is 991. The SMILES string of the molecule is CNCC[C@H](Oc1ccc(CN2CCN(C)c3cccnc3C2=O)cc1)c1cccs1. The number of benzene rings is 1. The number of nitrogens with one attached hydrogen (secondary N) is 1. The first-order chi connectivity index (χ1) is 15.2. The summed E-state index contributed by atoms with van der Waals surface area (Å²) in [6, 6.07) is 16.1. The van der Waals surface area contributed by atoms with Gasteiger partial charge in [0.2, 0.25) is 0 Å². The Kier molecular flexibility index (Phi) is 6.84. The molecule has 7 heteroatoms. The zero-order chi connectivity index (χ0) is 21.6. The van der Waals surface area contributed by atoms with Gasteiger partial charge in [-0.05, 0) is 54.9 Å². The summed E-state index contributed by atoms with van der Waals surface area (Å²) in [5, 5.41) is 5.28. The van der Waals surface area contributed by atoms with E-state index in [1.165, 1.54) is 4.88 Å². The van der Waals surface area contributed by atoms with Gasteiger partial charge in [0.05, 0.1) is 5.69 Å². The van der Waals surface area contributed by atoms with Gasteiger partial charge >= 0.3 is 0 Å². The number of amides is 1. The Morgan fingerprint density at radius 1 is 1.16 bits per heavy atom. The summed E-state index contributed by atoms with van der Waals surface area (Å²) in [7, 11) is 3.96. The van der Waals surface area contributed by atoms with Crippen molar-refractivity contribution in [3.05, 3.63) is 76.2 Å². The highest BCUT2D eigenvalue weighted by atomic mass is 32.1. The van der Waals surface area contributed by atoms with Crippen molar-refractivity contribution in [1.82, 2.24) is 15.2 Å². The molecule has 1 N–H and O–H groups in total. The fraction of sp³-hybridized carbons (Fsp3) is 0.333. The number of pyridine rings is 1. The van der Waals surface area contributed by atoms with Crippen LogP contribution in [0.2, 0.25) is 0 Å². The van der Waals surface area contributed by atoms with Gasteiger partial charge < -0.3 is 19.9 Å². The minimum Gasteiger partial charge on any atom is -0.485 e. The van der Waals surface area contributed by atoms with Crippen molar-refractivity contribution in [1.29, 1.82) is 0 Å². The Morgan fingerprint density at radius 2 is 2.00 bits per heavy atom. The Labute approximate surface area is 187 Å². The predicted octanol–water partition coefficient (Wildman–Crippen LogP) is 3.96. The van der Waals surface area contributed by atoms with Gasteiger partial charge in [-0.1, -0.05) is 18.2 Å². The molecule has 4 rings (SSSR count). The zero-order valence-electron chi connectivity index (χ0n) is 18.0. The van der Waals surface area contributed by atoms with E-state index in [0.29, 0.717) is 18.8 Å². The van der Waals surface area contributed by atoms with Crippen LogP contribution in [0.15, 0.2) is 60.1 Å². The summed E-state index contributed by atoms with van der Waals surface area (Å²) >= 11 is 1.72. The molecule has 3 aromatic rings. The molecular formula is C24H28N4O2S. The van der Waals surface area contributed by atoms with Crippen LogP contribution in [0.25, 0.3) is 0 Å². The summed E-state index contributed by atoms with van der Waals surface area (Å²) in [6.45, 7) is 2.88. The number of fused-ring (bicyclic) bond motifs is 1. The van der Waals surface area contributed by atoms with E-state index in [9.17, 15) is 4.79 Å². The number of carbonyl (C=O) groups excluding carboxylic acids is 1. The molecule has 3 heterocycles. The standard InChI is InChI=1S/C24H28N4O2S/c1-25-13-11-21(22-6-4-16-31-22)30-19-9-7-18(8-10-19)17-28-15-14-27(2)20-5-3-12-26-23(20)24(28)29/h3-10,12,16,21,25H,11,13-15,17H2,1-2H3/t21-/m0/s1. The van der Waals surface area contributed by atoms with Gasteiger partial charge in [0.15, 0.2) is 5.69 Å². The van der Waals surface area contributed by atoms with Crippen LogP contribution in [0.5, 0.6) is 5.75 Å². The second-order valence-corrected chi connectivity index (χ2v) is 8.66. The van der Waals surface area contributed by atoms with Gasteiger partial charge in [-0.25, -0.2) is 4.98 Å². The molecule has 0 saturated carbocycles. The van der Waals surface area contributed by atoms with Crippen LogP contribution in [-0.4, -0.2) is 49.5 Å². The number of aromatic nitrogens is 1. The first kappa shape index (κ1) is 21.3. The summed E-state index contributed by atoms with van der Waals surface area (Å²) in [5.41, 5.74) is 2.48. The summed E-state index contributed by atoms with van der Waals surface area (Å²) in [4.78, 5) is 22.6. The maximum Gasteiger partial charge on any atom is 0.274 e. The van der Waals surface area contributed by atoms with Gasteiger partial charge in [0.1, 0.15) is 11.9 Å². The third kappa shape index (κ3) is 5.06. The van der Waals surface area contributed by atoms with E-state index in [1.807, 2.05) is 55.4 Å². The van der Waals surface area contributed by atoms with E-state index in [1.54, 1.807) is 17.5 Å². The average molecular weight is 437 g/mol. The molecule has 1 aromatic carbocycles. The van der Waals surface area contributed by atoms with Gasteiger partial charge in [0.25, 0.3) is 5.91 Å². The van der Waals surface area contributed by atoms with E-state index < -0.39 is 0 Å². The molecule has 0 fully saturated rings. The Morgan fingerprint density at radius 3 is 2.74 bits per heavy atom. The number of ether oxygens (including phenoxy) is 1. The van der Waals surface area contributed by atoms with Gasteiger partial charge in [-0.2, -0.15) is 0 Å². The number of likely N-dealkylation sites (N-methyl/N-ethyl adjacent to an activating group) is 1. The van der Waals surface area contributed by atoms with E-state index in [-0.39, 0.29) is 12.0 Å². The first-order valence-electron chi connectivity index (χ1n) is 10.5. The molecule has 2 aromatic heterocycles. The molecule has 1 aliphatic heterocycles. The van der Waals surface area contributed by atoms with Crippen molar-refractivity contribution >= 4 is 22.9 Å². The number of anilines is 1. The van der Waals surface area contributed by atoms with E-state index >= 15 is 0 Å². The van der Waals surface area contributed by atoms with Crippen LogP contribution in [0.3, 0.4) is 0 Å². The van der Waals surface area contributed by atoms with E-state index in [2.05, 4.69) is 32.7 Å². The van der Waals surface area contributed by atoms with Crippen molar-refractivity contribution in [2.45, 2.75) is 19.1 Å². The molecule has 1 atom stereocenters. The molecule has 1 aliphatic rings. The highest BCUT2D eigenvalue weighted by Crippen LogP contribution is 2.28. The quantitative estimate of drug-likeness (QED) is 0.579. The molecule has 0 bridgehead atoms. The largest absolute Gasteiger partial charge is 0.485 e. The molecule has 0 unspecified atom stereocenters. The lowest BCUT2D eigenvalue weighted by atomic mass is 10.1. The van der Waals surface area contributed by atoms with Gasteiger partial charge in [-0.15, -0.1) is 11.3 Å².